The number of benzene rings is 1. The SMILES string of the molecule is COC(=O)N(C)CC(=O)Nc1cc(C)ccc1C. The van der Waals surface area contributed by atoms with Gasteiger partial charge in [0.1, 0.15) is 6.54 Å². The Morgan fingerprint density at radius 1 is 1.33 bits per heavy atom. The van der Waals surface area contributed by atoms with Gasteiger partial charge in [0.25, 0.3) is 0 Å². The van der Waals surface area contributed by atoms with Crippen molar-refractivity contribution in [1.29, 1.82) is 0 Å². The van der Waals surface area contributed by atoms with Gasteiger partial charge in [0.05, 0.1) is 7.11 Å². The number of anilines is 1. The Morgan fingerprint density at radius 2 is 2.00 bits per heavy atom. The van der Waals surface area contributed by atoms with E-state index in [9.17, 15) is 9.59 Å². The third-order valence-corrected chi connectivity index (χ3v) is 2.53. The van der Waals surface area contributed by atoms with Crippen LogP contribution in [0.15, 0.2) is 18.2 Å². The molecule has 18 heavy (non-hydrogen) atoms. The van der Waals surface area contributed by atoms with Crippen molar-refractivity contribution < 1.29 is 14.3 Å². The summed E-state index contributed by atoms with van der Waals surface area (Å²) in [4.78, 5) is 24.1. The van der Waals surface area contributed by atoms with Gasteiger partial charge in [-0.3, -0.25) is 4.79 Å². The Hall–Kier alpha value is -2.04. The molecule has 0 spiro atoms. The zero-order valence-corrected chi connectivity index (χ0v) is 11.1. The lowest BCUT2D eigenvalue weighted by molar-refractivity contribution is -0.116. The predicted octanol–water partition coefficient (Wildman–Crippen LogP) is 1.94. The van der Waals surface area contributed by atoms with Crippen molar-refractivity contribution in [2.24, 2.45) is 0 Å². The second kappa shape index (κ2) is 6.05. The van der Waals surface area contributed by atoms with Crippen LogP contribution < -0.4 is 5.32 Å². The van der Waals surface area contributed by atoms with Crippen LogP contribution in [0, 0.1) is 13.8 Å². The minimum Gasteiger partial charge on any atom is -0.453 e. The smallest absolute Gasteiger partial charge is 0.409 e. The van der Waals surface area contributed by atoms with Crippen LogP contribution in [0.4, 0.5) is 10.5 Å². The van der Waals surface area contributed by atoms with Crippen molar-refractivity contribution in [1.82, 2.24) is 4.90 Å². The lowest BCUT2D eigenvalue weighted by atomic mass is 10.1. The molecule has 5 heteroatoms. The third kappa shape index (κ3) is 3.76. The maximum absolute atomic E-state index is 11.7. The van der Waals surface area contributed by atoms with Crippen molar-refractivity contribution in [2.75, 3.05) is 26.0 Å². The molecule has 0 aliphatic carbocycles. The summed E-state index contributed by atoms with van der Waals surface area (Å²) in [6.07, 6.45) is -0.536. The van der Waals surface area contributed by atoms with E-state index in [0.717, 1.165) is 16.8 Å². The van der Waals surface area contributed by atoms with E-state index in [1.54, 1.807) is 0 Å². The second-order valence-electron chi connectivity index (χ2n) is 4.19. The van der Waals surface area contributed by atoms with Gasteiger partial charge in [0, 0.05) is 12.7 Å². The first-order chi connectivity index (χ1) is 8.43. The van der Waals surface area contributed by atoms with Gasteiger partial charge in [-0.05, 0) is 31.0 Å². The Morgan fingerprint density at radius 3 is 2.61 bits per heavy atom. The highest BCUT2D eigenvalue weighted by Crippen LogP contribution is 2.16. The van der Waals surface area contributed by atoms with Crippen LogP contribution in [0.5, 0.6) is 0 Å². The predicted molar refractivity (Wildman–Crippen MR) is 69.6 cm³/mol. The van der Waals surface area contributed by atoms with Gasteiger partial charge >= 0.3 is 6.09 Å². The highest BCUT2D eigenvalue weighted by atomic mass is 16.5. The van der Waals surface area contributed by atoms with E-state index in [-0.39, 0.29) is 12.5 Å². The molecule has 0 atom stereocenters. The van der Waals surface area contributed by atoms with Gasteiger partial charge in [0.2, 0.25) is 5.91 Å². The molecule has 0 aliphatic heterocycles. The molecule has 98 valence electrons. The number of ether oxygens (including phenoxy) is 1. The van der Waals surface area contributed by atoms with Crippen LogP contribution in [0.25, 0.3) is 0 Å². The number of hydrogen-bond donors (Lipinski definition) is 1. The summed E-state index contributed by atoms with van der Waals surface area (Å²) in [5.41, 5.74) is 2.81. The quantitative estimate of drug-likeness (QED) is 0.891. The summed E-state index contributed by atoms with van der Waals surface area (Å²) in [5.74, 6) is -0.253. The fourth-order valence-electron chi connectivity index (χ4n) is 1.50. The number of carbonyl (C=O) groups is 2. The summed E-state index contributed by atoms with van der Waals surface area (Å²) in [6.45, 7) is 3.83. The van der Waals surface area contributed by atoms with Crippen molar-refractivity contribution in [3.63, 3.8) is 0 Å². The molecule has 2 amide bonds. The third-order valence-electron chi connectivity index (χ3n) is 2.53. The average molecular weight is 250 g/mol. The van der Waals surface area contributed by atoms with E-state index >= 15 is 0 Å². The van der Waals surface area contributed by atoms with E-state index in [4.69, 9.17) is 0 Å². The van der Waals surface area contributed by atoms with Gasteiger partial charge in [-0.15, -0.1) is 0 Å². The van der Waals surface area contributed by atoms with Gasteiger partial charge in [-0.2, -0.15) is 0 Å². The molecule has 5 nitrogen and oxygen atoms in total. The number of methoxy groups -OCH3 is 1. The number of hydrogen-bond acceptors (Lipinski definition) is 3. The molecule has 1 rings (SSSR count). The largest absolute Gasteiger partial charge is 0.453 e. The van der Waals surface area contributed by atoms with E-state index < -0.39 is 6.09 Å². The van der Waals surface area contributed by atoms with Crippen molar-refractivity contribution >= 4 is 17.7 Å². The Bertz CT molecular complexity index is 458. The Kier molecular flexibility index (Phi) is 4.71. The molecule has 1 N–H and O–H groups in total. The normalized spacial score (nSPS) is 9.78. The van der Waals surface area contributed by atoms with E-state index in [0.29, 0.717) is 0 Å². The lowest BCUT2D eigenvalue weighted by Crippen LogP contribution is -2.34. The Balaban J connectivity index is 2.65. The fourth-order valence-corrected chi connectivity index (χ4v) is 1.50. The highest BCUT2D eigenvalue weighted by Gasteiger charge is 2.13. The minimum absolute atomic E-state index is 0.0416. The number of rotatable bonds is 3. The molecule has 0 unspecified atom stereocenters. The zero-order chi connectivity index (χ0) is 13.7. The maximum atomic E-state index is 11.7. The van der Waals surface area contributed by atoms with Crippen molar-refractivity contribution in [3.8, 4) is 0 Å². The first-order valence-electron chi connectivity index (χ1n) is 5.60. The molecule has 0 aromatic heterocycles. The number of aryl methyl sites for hydroxylation is 2. The second-order valence-corrected chi connectivity index (χ2v) is 4.19. The molecule has 0 saturated carbocycles. The van der Waals surface area contributed by atoms with Crippen LogP contribution in [-0.4, -0.2) is 37.6 Å². The number of nitrogens with zero attached hydrogens (tertiary/aromatic N) is 1. The van der Waals surface area contributed by atoms with E-state index in [1.807, 2.05) is 32.0 Å². The monoisotopic (exact) mass is 250 g/mol. The van der Waals surface area contributed by atoms with Crippen molar-refractivity contribution in [3.05, 3.63) is 29.3 Å². The topological polar surface area (TPSA) is 58.6 Å². The molecule has 0 aliphatic rings. The van der Waals surface area contributed by atoms with Gasteiger partial charge in [-0.25, -0.2) is 4.79 Å². The average Bonchev–Trinajstić information content (AvgIpc) is 2.32. The molecule has 0 radical (unpaired) electrons. The molecule has 0 bridgehead atoms. The van der Waals surface area contributed by atoms with E-state index in [1.165, 1.54) is 19.1 Å². The number of carbonyl (C=O) groups excluding carboxylic acids is 2. The van der Waals surface area contributed by atoms with Crippen LogP contribution in [0.3, 0.4) is 0 Å². The van der Waals surface area contributed by atoms with E-state index in [2.05, 4.69) is 10.1 Å². The van der Waals surface area contributed by atoms with Crippen LogP contribution in [-0.2, 0) is 9.53 Å². The summed E-state index contributed by atoms with van der Waals surface area (Å²) in [5, 5.41) is 2.77. The molecule has 1 aromatic rings. The molecule has 1 aromatic carbocycles. The summed E-state index contributed by atoms with van der Waals surface area (Å²) >= 11 is 0. The standard InChI is InChI=1S/C13H18N2O3/c1-9-5-6-10(2)11(7-9)14-12(16)8-15(3)13(17)18-4/h5-7H,8H2,1-4H3,(H,14,16). The van der Waals surface area contributed by atoms with Crippen LogP contribution >= 0.6 is 0 Å². The van der Waals surface area contributed by atoms with Crippen LogP contribution in [0.1, 0.15) is 11.1 Å². The van der Waals surface area contributed by atoms with Crippen molar-refractivity contribution in [2.45, 2.75) is 13.8 Å². The first kappa shape index (κ1) is 14.0. The molecule has 0 heterocycles. The zero-order valence-electron chi connectivity index (χ0n) is 11.1. The number of amides is 2. The van der Waals surface area contributed by atoms with Gasteiger partial charge in [-0.1, -0.05) is 12.1 Å². The highest BCUT2D eigenvalue weighted by molar-refractivity contribution is 5.94. The summed E-state index contributed by atoms with van der Waals surface area (Å²) in [7, 11) is 2.79. The maximum Gasteiger partial charge on any atom is 0.409 e. The molecule has 0 fully saturated rings. The Labute approximate surface area is 107 Å². The molecule has 0 saturated heterocycles. The fraction of sp³-hybridized carbons (Fsp3) is 0.385. The number of likely N-dealkylation sites (N-methyl/N-ethyl adjacent to an activating group) is 1. The molecular formula is C13H18N2O3. The van der Waals surface area contributed by atoms with Gasteiger partial charge in [0.15, 0.2) is 0 Å². The molecular weight excluding hydrogens is 232 g/mol. The first-order valence-corrected chi connectivity index (χ1v) is 5.60. The van der Waals surface area contributed by atoms with Gasteiger partial charge < -0.3 is 15.0 Å². The van der Waals surface area contributed by atoms with Crippen LogP contribution in [0.2, 0.25) is 0 Å². The minimum atomic E-state index is -0.536. The number of nitrogens with one attached hydrogen (secondary N) is 1. The summed E-state index contributed by atoms with van der Waals surface area (Å²) < 4.78 is 4.51. The lowest BCUT2D eigenvalue weighted by Gasteiger charge is -2.15. The summed E-state index contributed by atoms with van der Waals surface area (Å²) in [6, 6.07) is 5.81.